The number of halogens is 3. The van der Waals surface area contributed by atoms with E-state index in [-0.39, 0.29) is 17.5 Å². The third kappa shape index (κ3) is 3.46. The van der Waals surface area contributed by atoms with Crippen LogP contribution in [-0.4, -0.2) is 19.9 Å². The van der Waals surface area contributed by atoms with Gasteiger partial charge >= 0.3 is 0 Å². The number of aromatic nitrogens is 4. The number of H-pyrrole nitrogens is 1. The van der Waals surface area contributed by atoms with E-state index in [0.717, 1.165) is 5.56 Å². The zero-order valence-corrected chi connectivity index (χ0v) is 15.4. The number of ether oxygens (including phenoxy) is 1. The predicted octanol–water partition coefficient (Wildman–Crippen LogP) is 4.56. The summed E-state index contributed by atoms with van der Waals surface area (Å²) in [6.07, 6.45) is 3.39. The van der Waals surface area contributed by atoms with Crippen LogP contribution in [0.3, 0.4) is 0 Å². The third-order valence-corrected chi connectivity index (χ3v) is 4.35. The Morgan fingerprint density at radius 3 is 2.64 bits per heavy atom. The first-order valence-electron chi connectivity index (χ1n) is 8.28. The summed E-state index contributed by atoms with van der Waals surface area (Å²) >= 11 is 5.84. The molecular formula is C19H14ClF2N5O. The maximum absolute atomic E-state index is 14.6. The molecule has 28 heavy (non-hydrogen) atoms. The van der Waals surface area contributed by atoms with Crippen molar-refractivity contribution >= 4 is 28.6 Å². The fourth-order valence-corrected chi connectivity index (χ4v) is 3.19. The van der Waals surface area contributed by atoms with Gasteiger partial charge in [0.25, 0.3) is 0 Å². The average Bonchev–Trinajstić information content (AvgIpc) is 2.99. The zero-order chi connectivity index (χ0) is 19.8. The van der Waals surface area contributed by atoms with Crippen LogP contribution in [-0.2, 0) is 6.42 Å². The summed E-state index contributed by atoms with van der Waals surface area (Å²) < 4.78 is 34.8. The Bertz CT molecular complexity index is 1150. The summed E-state index contributed by atoms with van der Waals surface area (Å²) in [6.45, 7) is 1.85. The lowest BCUT2D eigenvalue weighted by atomic mass is 10.1. The molecule has 6 nitrogen and oxygen atoms in total. The standard InChI is InChI=1S/C19H14ClF2N5O/c1-9-8-25-18-16(9)14(2-3-24-18)28-17-12(21)5-10(6-13(17)22)4-11-7-15(20)27-19(23)26-11/h2-3,5-8H,4H2,1H3,(H,24,25)(H2,23,26,27). The van der Waals surface area contributed by atoms with Gasteiger partial charge in [-0.05, 0) is 42.3 Å². The SMILES string of the molecule is Cc1c[nH]c2nccc(Oc3c(F)cc(Cc4cc(Cl)nc(N)n4)cc3F)c12. The molecule has 0 bridgehead atoms. The second-order valence-electron chi connectivity index (χ2n) is 6.21. The van der Waals surface area contributed by atoms with Crippen LogP contribution >= 0.6 is 11.6 Å². The zero-order valence-electron chi connectivity index (χ0n) is 14.6. The van der Waals surface area contributed by atoms with Gasteiger partial charge in [0.1, 0.15) is 16.5 Å². The van der Waals surface area contributed by atoms with Crippen LogP contribution in [0.25, 0.3) is 11.0 Å². The van der Waals surface area contributed by atoms with Crippen molar-refractivity contribution in [2.24, 2.45) is 0 Å². The first-order chi connectivity index (χ1) is 13.4. The smallest absolute Gasteiger partial charge is 0.221 e. The van der Waals surface area contributed by atoms with Gasteiger partial charge in [0.15, 0.2) is 17.4 Å². The van der Waals surface area contributed by atoms with E-state index in [0.29, 0.717) is 28.0 Å². The highest BCUT2D eigenvalue weighted by molar-refractivity contribution is 6.29. The summed E-state index contributed by atoms with van der Waals surface area (Å²) in [5, 5.41) is 0.823. The number of hydrogen-bond acceptors (Lipinski definition) is 5. The molecule has 0 amide bonds. The van der Waals surface area contributed by atoms with Crippen molar-refractivity contribution in [1.82, 2.24) is 19.9 Å². The fourth-order valence-electron chi connectivity index (χ4n) is 2.97. The summed E-state index contributed by atoms with van der Waals surface area (Å²) in [5.41, 5.74) is 7.78. The molecule has 0 aliphatic rings. The van der Waals surface area contributed by atoms with E-state index in [2.05, 4.69) is 19.9 Å². The highest BCUT2D eigenvalue weighted by Crippen LogP contribution is 2.34. The number of benzene rings is 1. The lowest BCUT2D eigenvalue weighted by molar-refractivity contribution is 0.409. The first-order valence-corrected chi connectivity index (χ1v) is 8.66. The molecule has 3 N–H and O–H groups in total. The van der Waals surface area contributed by atoms with E-state index in [1.807, 2.05) is 6.92 Å². The van der Waals surface area contributed by atoms with Gasteiger partial charge in [-0.25, -0.2) is 23.7 Å². The molecule has 0 unspecified atom stereocenters. The van der Waals surface area contributed by atoms with Gasteiger partial charge < -0.3 is 15.5 Å². The van der Waals surface area contributed by atoms with Gasteiger partial charge in [-0.15, -0.1) is 0 Å². The fraction of sp³-hybridized carbons (Fsp3) is 0.105. The molecule has 0 aliphatic heterocycles. The lowest BCUT2D eigenvalue weighted by Gasteiger charge is -2.11. The van der Waals surface area contributed by atoms with Crippen LogP contribution in [0.15, 0.2) is 36.7 Å². The summed E-state index contributed by atoms with van der Waals surface area (Å²) in [6, 6.07) is 5.42. The molecule has 0 saturated carbocycles. The average molecular weight is 402 g/mol. The number of nitrogen functional groups attached to an aromatic ring is 1. The van der Waals surface area contributed by atoms with Crippen molar-refractivity contribution in [2.75, 3.05) is 5.73 Å². The highest BCUT2D eigenvalue weighted by Gasteiger charge is 2.17. The molecule has 0 atom stereocenters. The molecule has 0 saturated heterocycles. The number of hydrogen-bond donors (Lipinski definition) is 2. The van der Waals surface area contributed by atoms with Crippen LogP contribution in [0.2, 0.25) is 5.15 Å². The largest absolute Gasteiger partial charge is 0.450 e. The minimum atomic E-state index is -0.832. The quantitative estimate of drug-likeness (QED) is 0.489. The molecule has 1 aromatic carbocycles. The van der Waals surface area contributed by atoms with Gasteiger partial charge in [0.2, 0.25) is 5.95 Å². The predicted molar refractivity (Wildman–Crippen MR) is 102 cm³/mol. The van der Waals surface area contributed by atoms with Crippen LogP contribution in [0, 0.1) is 18.6 Å². The number of pyridine rings is 1. The topological polar surface area (TPSA) is 89.7 Å². The molecule has 0 spiro atoms. The molecule has 142 valence electrons. The Kier molecular flexibility index (Phi) is 4.56. The lowest BCUT2D eigenvalue weighted by Crippen LogP contribution is -2.02. The number of aryl methyl sites for hydroxylation is 1. The van der Waals surface area contributed by atoms with Crippen LogP contribution in [0.1, 0.15) is 16.8 Å². The third-order valence-electron chi connectivity index (χ3n) is 4.15. The Morgan fingerprint density at radius 1 is 1.18 bits per heavy atom. The van der Waals surface area contributed by atoms with E-state index in [4.69, 9.17) is 22.1 Å². The number of anilines is 1. The summed E-state index contributed by atoms with van der Waals surface area (Å²) in [7, 11) is 0. The molecule has 3 aromatic heterocycles. The van der Waals surface area contributed by atoms with Crippen molar-refractivity contribution in [3.8, 4) is 11.5 Å². The Hall–Kier alpha value is -3.26. The number of nitrogens with two attached hydrogens (primary N) is 1. The Morgan fingerprint density at radius 2 is 1.93 bits per heavy atom. The molecular weight excluding hydrogens is 388 g/mol. The number of nitrogens with zero attached hydrogens (tertiary/aromatic N) is 3. The van der Waals surface area contributed by atoms with E-state index in [1.165, 1.54) is 24.4 Å². The molecule has 4 rings (SSSR count). The van der Waals surface area contributed by atoms with Crippen LogP contribution in [0.4, 0.5) is 14.7 Å². The van der Waals surface area contributed by atoms with Crippen molar-refractivity contribution in [3.05, 3.63) is 70.3 Å². The second-order valence-corrected chi connectivity index (χ2v) is 6.60. The summed E-state index contributed by atoms with van der Waals surface area (Å²) in [4.78, 5) is 14.9. The molecule has 4 aromatic rings. The minimum Gasteiger partial charge on any atom is -0.450 e. The van der Waals surface area contributed by atoms with E-state index < -0.39 is 17.4 Å². The second kappa shape index (κ2) is 7.05. The normalized spacial score (nSPS) is 11.1. The maximum Gasteiger partial charge on any atom is 0.221 e. The molecule has 0 radical (unpaired) electrons. The number of fused-ring (bicyclic) bond motifs is 1. The van der Waals surface area contributed by atoms with Gasteiger partial charge in [-0.1, -0.05) is 11.6 Å². The molecule has 0 aliphatic carbocycles. The van der Waals surface area contributed by atoms with Crippen molar-refractivity contribution in [3.63, 3.8) is 0 Å². The van der Waals surface area contributed by atoms with E-state index in [9.17, 15) is 8.78 Å². The van der Waals surface area contributed by atoms with Gasteiger partial charge in [0.05, 0.1) is 11.1 Å². The van der Waals surface area contributed by atoms with Gasteiger partial charge in [0, 0.05) is 18.8 Å². The van der Waals surface area contributed by atoms with Crippen molar-refractivity contribution in [1.29, 1.82) is 0 Å². The van der Waals surface area contributed by atoms with E-state index in [1.54, 1.807) is 12.3 Å². The molecule has 9 heteroatoms. The summed E-state index contributed by atoms with van der Waals surface area (Å²) in [5.74, 6) is -1.85. The van der Waals surface area contributed by atoms with Crippen molar-refractivity contribution < 1.29 is 13.5 Å². The Labute approximate surface area is 163 Å². The maximum atomic E-state index is 14.6. The molecule has 3 heterocycles. The first kappa shape index (κ1) is 18.1. The highest BCUT2D eigenvalue weighted by atomic mass is 35.5. The molecule has 0 fully saturated rings. The minimum absolute atomic E-state index is 0.00743. The van der Waals surface area contributed by atoms with Gasteiger partial charge in [-0.3, -0.25) is 0 Å². The van der Waals surface area contributed by atoms with E-state index >= 15 is 0 Å². The van der Waals surface area contributed by atoms with Crippen LogP contribution < -0.4 is 10.5 Å². The van der Waals surface area contributed by atoms with Crippen molar-refractivity contribution in [2.45, 2.75) is 13.3 Å². The Balaban J connectivity index is 1.67. The monoisotopic (exact) mass is 401 g/mol. The van der Waals surface area contributed by atoms with Crippen LogP contribution in [0.5, 0.6) is 11.5 Å². The number of aromatic amines is 1. The van der Waals surface area contributed by atoms with Gasteiger partial charge in [-0.2, -0.15) is 0 Å². The number of nitrogens with one attached hydrogen (secondary N) is 1. The number of rotatable bonds is 4.